The number of thiophene rings is 1. The second kappa shape index (κ2) is 5.65. The van der Waals surface area contributed by atoms with Crippen LogP contribution in [-0.2, 0) is 6.54 Å². The minimum absolute atomic E-state index is 0.125. The number of rotatable bonds is 2. The maximum absolute atomic E-state index is 6.24. The van der Waals surface area contributed by atoms with Gasteiger partial charge in [-0.3, -0.25) is 4.90 Å². The normalized spacial score (nSPS) is 19.6. The third kappa shape index (κ3) is 2.86. The van der Waals surface area contributed by atoms with Gasteiger partial charge in [0.05, 0.1) is 3.79 Å². The van der Waals surface area contributed by atoms with Gasteiger partial charge in [-0.2, -0.15) is 0 Å². The van der Waals surface area contributed by atoms with Crippen molar-refractivity contribution in [3.63, 3.8) is 0 Å². The van der Waals surface area contributed by atoms with Gasteiger partial charge >= 0.3 is 0 Å². The third-order valence-corrected chi connectivity index (χ3v) is 5.13. The summed E-state index contributed by atoms with van der Waals surface area (Å²) >= 11 is 5.29. The maximum atomic E-state index is 6.24. The summed E-state index contributed by atoms with van der Waals surface area (Å²) in [5.74, 6) is 1.02. The molecule has 0 saturated carbocycles. The molecule has 19 heavy (non-hydrogen) atoms. The fourth-order valence-corrected chi connectivity index (χ4v) is 3.81. The quantitative estimate of drug-likeness (QED) is 0.801. The maximum Gasteiger partial charge on any atom is 0.145 e. The first-order valence-electron chi connectivity index (χ1n) is 6.48. The van der Waals surface area contributed by atoms with Crippen molar-refractivity contribution in [2.24, 2.45) is 0 Å². The van der Waals surface area contributed by atoms with Crippen LogP contribution >= 0.6 is 27.3 Å². The van der Waals surface area contributed by atoms with Crippen LogP contribution in [0.5, 0.6) is 5.75 Å². The molecule has 1 aromatic carbocycles. The average Bonchev–Trinajstić information content (AvgIpc) is 2.75. The molecule has 1 aliphatic rings. The summed E-state index contributed by atoms with van der Waals surface area (Å²) in [6.07, 6.45) is 0.125. The molecule has 0 aliphatic carbocycles. The van der Waals surface area contributed by atoms with E-state index in [2.05, 4.69) is 58.1 Å². The van der Waals surface area contributed by atoms with E-state index in [9.17, 15) is 0 Å². The van der Waals surface area contributed by atoms with Gasteiger partial charge in [-0.25, -0.2) is 0 Å². The molecule has 1 unspecified atom stereocenters. The predicted octanol–water partition coefficient (Wildman–Crippen LogP) is 4.47. The molecule has 1 aromatic heterocycles. The SMILES string of the molecule is CCN1Cc2ccccc2OC(c2ccc(Br)s2)C1. The lowest BCUT2D eigenvalue weighted by Gasteiger charge is -2.21. The minimum atomic E-state index is 0.125. The van der Waals surface area contributed by atoms with Gasteiger partial charge in [-0.1, -0.05) is 25.1 Å². The highest BCUT2D eigenvalue weighted by Gasteiger charge is 2.24. The lowest BCUT2D eigenvalue weighted by molar-refractivity contribution is 0.155. The highest BCUT2D eigenvalue weighted by molar-refractivity contribution is 9.11. The van der Waals surface area contributed by atoms with Crippen LogP contribution in [0.15, 0.2) is 40.2 Å². The lowest BCUT2D eigenvalue weighted by atomic mass is 10.2. The van der Waals surface area contributed by atoms with Gasteiger partial charge < -0.3 is 4.74 Å². The number of para-hydroxylation sites is 1. The molecule has 3 rings (SSSR count). The van der Waals surface area contributed by atoms with Crippen molar-refractivity contribution in [2.45, 2.75) is 19.6 Å². The van der Waals surface area contributed by atoms with Crippen LogP contribution in [-0.4, -0.2) is 18.0 Å². The molecule has 0 radical (unpaired) electrons. The zero-order valence-electron chi connectivity index (χ0n) is 10.8. The topological polar surface area (TPSA) is 12.5 Å². The molecule has 2 nitrogen and oxygen atoms in total. The molecule has 0 saturated heterocycles. The smallest absolute Gasteiger partial charge is 0.145 e. The molecule has 2 aromatic rings. The largest absolute Gasteiger partial charge is 0.483 e. The summed E-state index contributed by atoms with van der Waals surface area (Å²) in [5.41, 5.74) is 1.28. The van der Waals surface area contributed by atoms with Gasteiger partial charge in [0.25, 0.3) is 0 Å². The Labute approximate surface area is 126 Å². The lowest BCUT2D eigenvalue weighted by Crippen LogP contribution is -2.27. The molecule has 2 heterocycles. The highest BCUT2D eigenvalue weighted by atomic mass is 79.9. The molecule has 4 heteroatoms. The van der Waals surface area contributed by atoms with Gasteiger partial charge in [0.15, 0.2) is 0 Å². The monoisotopic (exact) mass is 337 g/mol. The van der Waals surface area contributed by atoms with Crippen LogP contribution in [0.25, 0.3) is 0 Å². The first-order chi connectivity index (χ1) is 9.26. The number of hydrogen-bond donors (Lipinski definition) is 0. The summed E-state index contributed by atoms with van der Waals surface area (Å²) in [7, 11) is 0. The van der Waals surface area contributed by atoms with Crippen molar-refractivity contribution >= 4 is 27.3 Å². The summed E-state index contributed by atoms with van der Waals surface area (Å²) in [4.78, 5) is 3.71. The number of hydrogen-bond acceptors (Lipinski definition) is 3. The zero-order valence-corrected chi connectivity index (χ0v) is 13.2. The van der Waals surface area contributed by atoms with E-state index in [-0.39, 0.29) is 6.10 Å². The van der Waals surface area contributed by atoms with Crippen LogP contribution in [0.1, 0.15) is 23.5 Å². The fourth-order valence-electron chi connectivity index (χ4n) is 2.37. The average molecular weight is 338 g/mol. The number of halogens is 1. The summed E-state index contributed by atoms with van der Waals surface area (Å²) in [5, 5.41) is 0. The van der Waals surface area contributed by atoms with Crippen molar-refractivity contribution in [1.82, 2.24) is 4.90 Å². The fraction of sp³-hybridized carbons (Fsp3) is 0.333. The van der Waals surface area contributed by atoms with E-state index >= 15 is 0 Å². The zero-order chi connectivity index (χ0) is 13.2. The van der Waals surface area contributed by atoms with Gasteiger partial charge in [0.1, 0.15) is 11.9 Å². The number of ether oxygens (including phenoxy) is 1. The van der Waals surface area contributed by atoms with Crippen molar-refractivity contribution in [3.05, 3.63) is 50.6 Å². The highest BCUT2D eigenvalue weighted by Crippen LogP contribution is 2.35. The summed E-state index contributed by atoms with van der Waals surface area (Å²) in [6, 6.07) is 12.6. The van der Waals surface area contributed by atoms with E-state index in [0.717, 1.165) is 29.2 Å². The van der Waals surface area contributed by atoms with Gasteiger partial charge in [-0.05, 0) is 40.7 Å². The number of fused-ring (bicyclic) bond motifs is 1. The molecule has 0 fully saturated rings. The van der Waals surface area contributed by atoms with Crippen molar-refractivity contribution in [3.8, 4) is 5.75 Å². The summed E-state index contributed by atoms with van der Waals surface area (Å²) in [6.45, 7) is 5.16. The first kappa shape index (κ1) is 13.2. The van der Waals surface area contributed by atoms with Crippen LogP contribution in [0.2, 0.25) is 0 Å². The number of benzene rings is 1. The molecule has 1 aliphatic heterocycles. The second-order valence-corrected chi connectivity index (χ2v) is 7.18. The van der Waals surface area contributed by atoms with Crippen LogP contribution in [0, 0.1) is 0 Å². The van der Waals surface area contributed by atoms with Crippen LogP contribution < -0.4 is 4.74 Å². The van der Waals surface area contributed by atoms with Gasteiger partial charge in [0, 0.05) is 23.5 Å². The molecular weight excluding hydrogens is 322 g/mol. The standard InChI is InChI=1S/C15H16BrNOS/c1-2-17-9-11-5-3-4-6-12(11)18-13(10-17)14-7-8-15(16)19-14/h3-8,13H,2,9-10H2,1H3. The molecule has 1 atom stereocenters. The number of nitrogens with zero attached hydrogens (tertiary/aromatic N) is 1. The Kier molecular flexibility index (Phi) is 3.91. The molecule has 100 valence electrons. The molecule has 0 N–H and O–H groups in total. The Balaban J connectivity index is 1.94. The summed E-state index contributed by atoms with van der Waals surface area (Å²) < 4.78 is 7.40. The molecule has 0 amide bonds. The van der Waals surface area contributed by atoms with E-state index in [1.807, 2.05) is 6.07 Å². The number of likely N-dealkylation sites (N-methyl/N-ethyl adjacent to an activating group) is 1. The molecule has 0 bridgehead atoms. The Hall–Kier alpha value is -0.840. The van der Waals surface area contributed by atoms with Crippen molar-refractivity contribution < 1.29 is 4.74 Å². The Bertz CT molecular complexity index is 569. The van der Waals surface area contributed by atoms with Crippen molar-refractivity contribution in [2.75, 3.05) is 13.1 Å². The second-order valence-electron chi connectivity index (χ2n) is 4.68. The van der Waals surface area contributed by atoms with E-state index in [1.54, 1.807) is 11.3 Å². The Morgan fingerprint density at radius 1 is 1.32 bits per heavy atom. The first-order valence-corrected chi connectivity index (χ1v) is 8.09. The van der Waals surface area contributed by atoms with Crippen LogP contribution in [0.4, 0.5) is 0 Å². The molecular formula is C15H16BrNOS. The van der Waals surface area contributed by atoms with E-state index in [0.29, 0.717) is 0 Å². The molecule has 0 spiro atoms. The minimum Gasteiger partial charge on any atom is -0.483 e. The van der Waals surface area contributed by atoms with E-state index in [4.69, 9.17) is 4.74 Å². The third-order valence-electron chi connectivity index (χ3n) is 3.42. The van der Waals surface area contributed by atoms with Gasteiger partial charge in [-0.15, -0.1) is 11.3 Å². The predicted molar refractivity (Wildman–Crippen MR) is 82.8 cm³/mol. The van der Waals surface area contributed by atoms with E-state index < -0.39 is 0 Å². The van der Waals surface area contributed by atoms with E-state index in [1.165, 1.54) is 10.4 Å². The van der Waals surface area contributed by atoms with Crippen molar-refractivity contribution in [1.29, 1.82) is 0 Å². The van der Waals surface area contributed by atoms with Crippen LogP contribution in [0.3, 0.4) is 0 Å². The Morgan fingerprint density at radius 3 is 2.89 bits per heavy atom. The Morgan fingerprint density at radius 2 is 2.16 bits per heavy atom. The van der Waals surface area contributed by atoms with Gasteiger partial charge in [0.2, 0.25) is 0 Å².